The third-order valence-corrected chi connectivity index (χ3v) is 4.83. The summed E-state index contributed by atoms with van der Waals surface area (Å²) in [6.45, 7) is 3.89. The summed E-state index contributed by atoms with van der Waals surface area (Å²) in [4.78, 5) is 14.3. The lowest BCUT2D eigenvalue weighted by molar-refractivity contribution is 0.0697. The standard InChI is InChI=1S/C22H18FNO3/c1-3-13-10-16(23)11-17-12(2)20(27-21(13)17)19-9-8-18(24-19)14-4-6-15(7-5-14)22(25)26/h4-11,24H,3H2,1-2H3,(H,25,26). The molecule has 0 radical (unpaired) electrons. The molecule has 2 heterocycles. The molecule has 0 aliphatic carbocycles. The molecule has 0 amide bonds. The summed E-state index contributed by atoms with van der Waals surface area (Å²) < 4.78 is 20.0. The normalized spacial score (nSPS) is 11.2. The fourth-order valence-corrected chi connectivity index (χ4v) is 3.36. The van der Waals surface area contributed by atoms with E-state index in [2.05, 4.69) is 4.98 Å². The van der Waals surface area contributed by atoms with E-state index in [0.717, 1.165) is 33.5 Å². The predicted molar refractivity (Wildman–Crippen MR) is 102 cm³/mol. The topological polar surface area (TPSA) is 66.2 Å². The largest absolute Gasteiger partial charge is 0.478 e. The van der Waals surface area contributed by atoms with Gasteiger partial charge >= 0.3 is 5.97 Å². The van der Waals surface area contributed by atoms with Gasteiger partial charge in [0.15, 0.2) is 5.76 Å². The van der Waals surface area contributed by atoms with Crippen LogP contribution in [0.5, 0.6) is 0 Å². The molecule has 0 bridgehead atoms. The number of aromatic nitrogens is 1. The van der Waals surface area contributed by atoms with Crippen LogP contribution in [0.25, 0.3) is 33.7 Å². The number of nitrogens with one attached hydrogen (secondary N) is 1. The van der Waals surface area contributed by atoms with Crippen molar-refractivity contribution in [2.24, 2.45) is 0 Å². The lowest BCUT2D eigenvalue weighted by Crippen LogP contribution is -1.94. The summed E-state index contributed by atoms with van der Waals surface area (Å²) in [5, 5.41) is 9.80. The first-order valence-electron chi connectivity index (χ1n) is 8.72. The summed E-state index contributed by atoms with van der Waals surface area (Å²) >= 11 is 0. The number of furan rings is 1. The molecule has 4 rings (SSSR count). The Kier molecular flexibility index (Phi) is 4.07. The zero-order valence-corrected chi connectivity index (χ0v) is 15.0. The van der Waals surface area contributed by atoms with Gasteiger partial charge in [-0.1, -0.05) is 19.1 Å². The molecule has 0 aliphatic heterocycles. The van der Waals surface area contributed by atoms with Crippen molar-refractivity contribution in [1.29, 1.82) is 0 Å². The molecule has 136 valence electrons. The number of aromatic carboxylic acids is 1. The smallest absolute Gasteiger partial charge is 0.335 e. The Morgan fingerprint density at radius 2 is 1.81 bits per heavy atom. The molecule has 2 aromatic heterocycles. The zero-order chi connectivity index (χ0) is 19.1. The van der Waals surface area contributed by atoms with Crippen LogP contribution in [0.1, 0.15) is 28.4 Å². The van der Waals surface area contributed by atoms with Crippen LogP contribution in [0.15, 0.2) is 52.9 Å². The number of benzene rings is 2. The van der Waals surface area contributed by atoms with Crippen LogP contribution < -0.4 is 0 Å². The highest BCUT2D eigenvalue weighted by Gasteiger charge is 2.17. The maximum atomic E-state index is 13.9. The van der Waals surface area contributed by atoms with Crippen molar-refractivity contribution in [1.82, 2.24) is 4.98 Å². The van der Waals surface area contributed by atoms with Gasteiger partial charge in [0.05, 0.1) is 11.3 Å². The Hall–Kier alpha value is -3.34. The van der Waals surface area contributed by atoms with E-state index >= 15 is 0 Å². The number of fused-ring (bicyclic) bond motifs is 1. The number of halogens is 1. The Morgan fingerprint density at radius 3 is 2.48 bits per heavy atom. The van der Waals surface area contributed by atoms with Gasteiger partial charge in [-0.05, 0) is 60.9 Å². The second kappa shape index (κ2) is 6.43. The maximum absolute atomic E-state index is 13.9. The number of carbonyl (C=O) groups is 1. The van der Waals surface area contributed by atoms with E-state index in [0.29, 0.717) is 17.8 Å². The Morgan fingerprint density at radius 1 is 1.11 bits per heavy atom. The molecule has 0 spiro atoms. The van der Waals surface area contributed by atoms with Crippen molar-refractivity contribution < 1.29 is 18.7 Å². The molecule has 0 saturated heterocycles. The second-order valence-corrected chi connectivity index (χ2v) is 6.52. The summed E-state index contributed by atoms with van der Waals surface area (Å²) in [6.07, 6.45) is 0.687. The van der Waals surface area contributed by atoms with Crippen LogP contribution in [-0.4, -0.2) is 16.1 Å². The third-order valence-electron chi connectivity index (χ3n) is 4.83. The minimum Gasteiger partial charge on any atom is -0.478 e. The minimum absolute atomic E-state index is 0.243. The second-order valence-electron chi connectivity index (χ2n) is 6.52. The summed E-state index contributed by atoms with van der Waals surface area (Å²) in [7, 11) is 0. The van der Waals surface area contributed by atoms with Crippen molar-refractivity contribution in [2.75, 3.05) is 0 Å². The molecule has 5 heteroatoms. The molecule has 2 aromatic carbocycles. The molecule has 0 saturated carbocycles. The first-order valence-corrected chi connectivity index (χ1v) is 8.72. The van der Waals surface area contributed by atoms with Crippen LogP contribution in [-0.2, 0) is 6.42 Å². The van der Waals surface area contributed by atoms with E-state index in [-0.39, 0.29) is 11.4 Å². The van der Waals surface area contributed by atoms with Gasteiger partial charge in [-0.25, -0.2) is 9.18 Å². The van der Waals surface area contributed by atoms with Crippen molar-refractivity contribution in [2.45, 2.75) is 20.3 Å². The van der Waals surface area contributed by atoms with Gasteiger partial charge < -0.3 is 14.5 Å². The van der Waals surface area contributed by atoms with Gasteiger partial charge in [0, 0.05) is 16.6 Å². The number of aromatic amines is 1. The lowest BCUT2D eigenvalue weighted by atomic mass is 10.1. The summed E-state index contributed by atoms with van der Waals surface area (Å²) in [5.41, 5.74) is 5.21. The number of rotatable bonds is 4. The third kappa shape index (κ3) is 2.91. The number of hydrogen-bond acceptors (Lipinski definition) is 2. The number of aryl methyl sites for hydroxylation is 2. The summed E-state index contributed by atoms with van der Waals surface area (Å²) in [5.74, 6) is -0.537. The van der Waals surface area contributed by atoms with Crippen molar-refractivity contribution in [3.8, 4) is 22.7 Å². The predicted octanol–water partition coefficient (Wildman–Crippen LogP) is 5.80. The van der Waals surface area contributed by atoms with E-state index < -0.39 is 5.97 Å². The van der Waals surface area contributed by atoms with Crippen LogP contribution in [0.2, 0.25) is 0 Å². The van der Waals surface area contributed by atoms with E-state index in [4.69, 9.17) is 9.52 Å². The first-order chi connectivity index (χ1) is 13.0. The highest BCUT2D eigenvalue weighted by Crippen LogP contribution is 2.36. The number of H-pyrrole nitrogens is 1. The van der Waals surface area contributed by atoms with Gasteiger partial charge in [0.25, 0.3) is 0 Å². The average molecular weight is 363 g/mol. The van der Waals surface area contributed by atoms with Gasteiger partial charge in [-0.2, -0.15) is 0 Å². The fourth-order valence-electron chi connectivity index (χ4n) is 3.36. The molecule has 4 aromatic rings. The maximum Gasteiger partial charge on any atom is 0.335 e. The van der Waals surface area contributed by atoms with Crippen molar-refractivity contribution in [3.05, 3.63) is 71.0 Å². The first kappa shape index (κ1) is 17.1. The Bertz CT molecular complexity index is 1150. The fraction of sp³-hybridized carbons (Fsp3) is 0.136. The number of hydrogen-bond donors (Lipinski definition) is 2. The molecule has 0 fully saturated rings. The molecule has 27 heavy (non-hydrogen) atoms. The van der Waals surface area contributed by atoms with Gasteiger partial charge in [-0.3, -0.25) is 0 Å². The highest BCUT2D eigenvalue weighted by molar-refractivity contribution is 5.90. The Labute approximate surface area is 155 Å². The number of carboxylic acids is 1. The molecule has 2 N–H and O–H groups in total. The Balaban J connectivity index is 1.77. The SMILES string of the molecule is CCc1cc(F)cc2c(C)c(-c3ccc(-c4ccc(C(=O)O)cc4)[nH]3)oc12. The molecular formula is C22H18FNO3. The monoisotopic (exact) mass is 363 g/mol. The lowest BCUT2D eigenvalue weighted by Gasteiger charge is -2.00. The van der Waals surface area contributed by atoms with Crippen LogP contribution in [0, 0.1) is 12.7 Å². The van der Waals surface area contributed by atoms with Gasteiger partial charge in [0.2, 0.25) is 0 Å². The summed E-state index contributed by atoms with van der Waals surface area (Å²) in [6, 6.07) is 13.5. The molecule has 0 atom stereocenters. The van der Waals surface area contributed by atoms with Gasteiger partial charge in [-0.15, -0.1) is 0 Å². The van der Waals surface area contributed by atoms with Gasteiger partial charge in [0.1, 0.15) is 11.4 Å². The highest BCUT2D eigenvalue weighted by atomic mass is 19.1. The molecule has 0 aliphatic rings. The zero-order valence-electron chi connectivity index (χ0n) is 15.0. The van der Waals surface area contributed by atoms with Crippen LogP contribution >= 0.6 is 0 Å². The van der Waals surface area contributed by atoms with Crippen LogP contribution in [0.3, 0.4) is 0 Å². The molecule has 4 nitrogen and oxygen atoms in total. The molecular weight excluding hydrogens is 345 g/mol. The van der Waals surface area contributed by atoms with E-state index in [1.165, 1.54) is 12.1 Å². The molecule has 0 unspecified atom stereocenters. The van der Waals surface area contributed by atoms with Crippen molar-refractivity contribution in [3.63, 3.8) is 0 Å². The quantitative estimate of drug-likeness (QED) is 0.481. The average Bonchev–Trinajstić information content (AvgIpc) is 3.27. The van der Waals surface area contributed by atoms with E-state index in [1.54, 1.807) is 24.3 Å². The number of carboxylic acid groups (broad SMARTS) is 1. The van der Waals surface area contributed by atoms with E-state index in [1.807, 2.05) is 26.0 Å². The van der Waals surface area contributed by atoms with Crippen molar-refractivity contribution >= 4 is 16.9 Å². The minimum atomic E-state index is -0.953. The van der Waals surface area contributed by atoms with E-state index in [9.17, 15) is 9.18 Å². The van der Waals surface area contributed by atoms with Crippen LogP contribution in [0.4, 0.5) is 4.39 Å².